The molecule has 0 unspecified atom stereocenters. The number of nitrogens with one attached hydrogen (secondary N) is 2. The monoisotopic (exact) mass is 487 g/mol. The van der Waals surface area contributed by atoms with Crippen molar-refractivity contribution in [2.24, 2.45) is 5.14 Å². The molecule has 3 aromatic rings. The molecule has 4 N–H and O–H groups in total. The van der Waals surface area contributed by atoms with Crippen LogP contribution in [-0.4, -0.2) is 29.9 Å². The average molecular weight is 488 g/mol. The van der Waals surface area contributed by atoms with E-state index >= 15 is 0 Å². The molecule has 33 heavy (non-hydrogen) atoms. The van der Waals surface area contributed by atoms with Gasteiger partial charge in [0.1, 0.15) is 5.75 Å². The van der Waals surface area contributed by atoms with Gasteiger partial charge >= 0.3 is 0 Å². The number of hydrogen-bond acceptors (Lipinski definition) is 6. The van der Waals surface area contributed by atoms with Gasteiger partial charge in [0.25, 0.3) is 10.0 Å². The minimum absolute atomic E-state index is 0.0372. The summed E-state index contributed by atoms with van der Waals surface area (Å²) in [6.45, 7) is 0. The van der Waals surface area contributed by atoms with Gasteiger partial charge in [0.15, 0.2) is 0 Å². The van der Waals surface area contributed by atoms with Crippen LogP contribution in [0.25, 0.3) is 6.08 Å². The third kappa shape index (κ3) is 6.65. The molecule has 0 aliphatic rings. The Balaban J connectivity index is 1.63. The number of primary sulfonamides is 1. The predicted octanol–water partition coefficient (Wildman–Crippen LogP) is 2.80. The second kappa shape index (κ2) is 9.86. The zero-order chi connectivity index (χ0) is 24.1. The molecule has 0 saturated carbocycles. The molecule has 0 spiro atoms. The Morgan fingerprint density at radius 1 is 0.818 bits per heavy atom. The van der Waals surface area contributed by atoms with Crippen LogP contribution in [-0.2, 0) is 24.8 Å². The zero-order valence-electron chi connectivity index (χ0n) is 17.4. The van der Waals surface area contributed by atoms with E-state index in [9.17, 15) is 21.6 Å². The number of nitrogens with two attached hydrogens (primary N) is 1. The van der Waals surface area contributed by atoms with Crippen molar-refractivity contribution in [2.45, 2.75) is 9.79 Å². The number of anilines is 2. The quantitative estimate of drug-likeness (QED) is 0.417. The Labute approximate surface area is 192 Å². The van der Waals surface area contributed by atoms with Gasteiger partial charge in [-0.15, -0.1) is 0 Å². The molecule has 0 saturated heterocycles. The molecule has 0 fully saturated rings. The lowest BCUT2D eigenvalue weighted by molar-refractivity contribution is -0.111. The number of carbonyl (C=O) groups excluding carboxylic acids is 1. The molecule has 0 heterocycles. The van der Waals surface area contributed by atoms with Crippen molar-refractivity contribution in [2.75, 3.05) is 17.1 Å². The lowest BCUT2D eigenvalue weighted by atomic mass is 10.2. The highest BCUT2D eigenvalue weighted by Gasteiger charge is 2.15. The minimum atomic E-state index is -3.93. The number of hydrogen-bond donors (Lipinski definition) is 3. The second-order valence-corrected chi connectivity index (χ2v) is 10.0. The molecule has 172 valence electrons. The van der Waals surface area contributed by atoms with Gasteiger partial charge in [-0.05, 0) is 72.3 Å². The summed E-state index contributed by atoms with van der Waals surface area (Å²) < 4.78 is 55.1. The Hall–Kier alpha value is -3.67. The molecule has 9 nitrogen and oxygen atoms in total. The first kappa shape index (κ1) is 24.0. The molecule has 0 aliphatic carbocycles. The lowest BCUT2D eigenvalue weighted by Gasteiger charge is -2.09. The van der Waals surface area contributed by atoms with Gasteiger partial charge in [0, 0.05) is 17.5 Å². The number of carbonyl (C=O) groups is 1. The summed E-state index contributed by atoms with van der Waals surface area (Å²) in [4.78, 5) is 12.0. The van der Waals surface area contributed by atoms with E-state index in [1.807, 2.05) is 0 Å². The fraction of sp³-hybridized carbons (Fsp3) is 0.0455. The van der Waals surface area contributed by atoms with Crippen LogP contribution < -0.4 is 19.9 Å². The maximum atomic E-state index is 12.6. The molecule has 1 amide bonds. The first-order valence-corrected chi connectivity index (χ1v) is 12.5. The molecule has 0 aliphatic heterocycles. The standard InChI is InChI=1S/C22H21N3O6S2/c1-31-19-9-2-16(3-10-19)4-15-22(26)24-17-5-13-21(14-6-17)33(29,30)25-18-7-11-20(12-8-18)32(23,27)28/h2-15,25H,1H3,(H,24,26)(H2,23,27,28)/b15-4+. The Kier molecular flexibility index (Phi) is 7.16. The molecule has 3 aromatic carbocycles. The van der Waals surface area contributed by atoms with Gasteiger partial charge in [-0.25, -0.2) is 22.0 Å². The summed E-state index contributed by atoms with van der Waals surface area (Å²) >= 11 is 0. The highest BCUT2D eigenvalue weighted by atomic mass is 32.2. The summed E-state index contributed by atoms with van der Waals surface area (Å²) in [6, 6.07) is 17.7. The van der Waals surface area contributed by atoms with Crippen LogP contribution in [0.1, 0.15) is 5.56 Å². The van der Waals surface area contributed by atoms with Gasteiger partial charge in [-0.2, -0.15) is 0 Å². The third-order valence-electron chi connectivity index (χ3n) is 4.41. The smallest absolute Gasteiger partial charge is 0.261 e. The second-order valence-electron chi connectivity index (χ2n) is 6.80. The first-order valence-electron chi connectivity index (χ1n) is 9.46. The van der Waals surface area contributed by atoms with Crippen molar-refractivity contribution in [1.29, 1.82) is 0 Å². The normalized spacial score (nSPS) is 11.8. The SMILES string of the molecule is COc1ccc(/C=C/C(=O)Nc2ccc(S(=O)(=O)Nc3ccc(S(N)(=O)=O)cc3)cc2)cc1. The van der Waals surface area contributed by atoms with E-state index in [-0.39, 0.29) is 21.4 Å². The zero-order valence-corrected chi connectivity index (χ0v) is 19.1. The van der Waals surface area contributed by atoms with Crippen molar-refractivity contribution in [1.82, 2.24) is 0 Å². The van der Waals surface area contributed by atoms with E-state index in [0.29, 0.717) is 11.4 Å². The molecular weight excluding hydrogens is 466 g/mol. The number of sulfonamides is 2. The van der Waals surface area contributed by atoms with E-state index in [1.165, 1.54) is 54.6 Å². The van der Waals surface area contributed by atoms with Crippen LogP contribution in [0.3, 0.4) is 0 Å². The number of rotatable bonds is 8. The molecular formula is C22H21N3O6S2. The number of amides is 1. The van der Waals surface area contributed by atoms with E-state index in [2.05, 4.69) is 10.0 Å². The lowest BCUT2D eigenvalue weighted by Crippen LogP contribution is -2.14. The molecule has 0 atom stereocenters. The Bertz CT molecular complexity index is 1370. The maximum absolute atomic E-state index is 12.6. The van der Waals surface area contributed by atoms with Gasteiger partial charge in [-0.1, -0.05) is 12.1 Å². The fourth-order valence-electron chi connectivity index (χ4n) is 2.72. The summed E-state index contributed by atoms with van der Waals surface area (Å²) in [5.41, 5.74) is 1.40. The summed E-state index contributed by atoms with van der Waals surface area (Å²) in [6.07, 6.45) is 3.00. The van der Waals surface area contributed by atoms with Crippen LogP contribution in [0.15, 0.2) is 88.7 Å². The summed E-state index contributed by atoms with van der Waals surface area (Å²) in [5.74, 6) is 0.330. The van der Waals surface area contributed by atoms with E-state index < -0.39 is 20.0 Å². The van der Waals surface area contributed by atoms with Crippen LogP contribution in [0.5, 0.6) is 5.75 Å². The first-order chi connectivity index (χ1) is 15.6. The summed E-state index contributed by atoms with van der Waals surface area (Å²) in [7, 11) is -6.23. The largest absolute Gasteiger partial charge is 0.497 e. The minimum Gasteiger partial charge on any atom is -0.497 e. The van der Waals surface area contributed by atoms with Gasteiger partial charge < -0.3 is 10.1 Å². The Morgan fingerprint density at radius 3 is 1.91 bits per heavy atom. The van der Waals surface area contributed by atoms with Crippen molar-refractivity contribution >= 4 is 43.4 Å². The van der Waals surface area contributed by atoms with Crippen LogP contribution in [0.4, 0.5) is 11.4 Å². The molecule has 0 bridgehead atoms. The maximum Gasteiger partial charge on any atom is 0.261 e. The van der Waals surface area contributed by atoms with Gasteiger partial charge in [0.2, 0.25) is 15.9 Å². The molecule has 0 radical (unpaired) electrons. The van der Waals surface area contributed by atoms with Crippen LogP contribution >= 0.6 is 0 Å². The van der Waals surface area contributed by atoms with Crippen LogP contribution in [0.2, 0.25) is 0 Å². The number of methoxy groups -OCH3 is 1. The van der Waals surface area contributed by atoms with E-state index in [1.54, 1.807) is 37.5 Å². The third-order valence-corrected chi connectivity index (χ3v) is 6.74. The predicted molar refractivity (Wildman–Crippen MR) is 126 cm³/mol. The van der Waals surface area contributed by atoms with E-state index in [4.69, 9.17) is 9.88 Å². The van der Waals surface area contributed by atoms with Crippen molar-refractivity contribution < 1.29 is 26.4 Å². The number of ether oxygens (including phenoxy) is 1. The van der Waals surface area contributed by atoms with Crippen molar-refractivity contribution in [3.8, 4) is 5.75 Å². The number of benzene rings is 3. The van der Waals surface area contributed by atoms with Gasteiger partial charge in [-0.3, -0.25) is 9.52 Å². The summed E-state index contributed by atoms with van der Waals surface area (Å²) in [5, 5.41) is 7.68. The molecule has 11 heteroatoms. The van der Waals surface area contributed by atoms with E-state index in [0.717, 1.165) is 5.56 Å². The van der Waals surface area contributed by atoms with Crippen LogP contribution in [0, 0.1) is 0 Å². The highest BCUT2D eigenvalue weighted by Crippen LogP contribution is 2.20. The van der Waals surface area contributed by atoms with Gasteiger partial charge in [0.05, 0.1) is 16.9 Å². The van der Waals surface area contributed by atoms with Crippen molar-refractivity contribution in [3.63, 3.8) is 0 Å². The van der Waals surface area contributed by atoms with Crippen molar-refractivity contribution in [3.05, 3.63) is 84.4 Å². The fourth-order valence-corrected chi connectivity index (χ4v) is 4.29. The molecule has 0 aromatic heterocycles. The molecule has 3 rings (SSSR count). The topological polar surface area (TPSA) is 145 Å². The highest BCUT2D eigenvalue weighted by molar-refractivity contribution is 7.92. The Morgan fingerprint density at radius 2 is 1.36 bits per heavy atom. The average Bonchev–Trinajstić information content (AvgIpc) is 2.78.